The number of H-pyrrole nitrogens is 1. The minimum atomic E-state index is -1.81. The zero-order valence-corrected chi connectivity index (χ0v) is 72.2. The zero-order chi connectivity index (χ0) is 90.3. The van der Waals surface area contributed by atoms with Gasteiger partial charge in [0.05, 0.1) is 12.6 Å². The van der Waals surface area contributed by atoms with Crippen LogP contribution in [-0.4, -0.2) is 202 Å². The highest BCUT2D eigenvalue weighted by Gasteiger charge is 2.49. The molecule has 0 radical (unpaired) electrons. The third kappa shape index (κ3) is 28.5. The summed E-state index contributed by atoms with van der Waals surface area (Å²) in [6.07, 6.45) is 3.26. The smallest absolute Gasteiger partial charge is 0.247 e. The van der Waals surface area contributed by atoms with E-state index in [-0.39, 0.29) is 121 Å². The van der Waals surface area contributed by atoms with Crippen LogP contribution < -0.4 is 86.7 Å². The van der Waals surface area contributed by atoms with Crippen molar-refractivity contribution in [3.63, 3.8) is 0 Å². The first-order valence-electron chi connectivity index (χ1n) is 43.1. The Morgan fingerprint density at radius 3 is 1.52 bits per heavy atom. The van der Waals surface area contributed by atoms with E-state index in [2.05, 4.69) is 68.8 Å². The van der Waals surface area contributed by atoms with Crippen molar-refractivity contribution in [2.75, 3.05) is 26.2 Å². The summed E-state index contributed by atoms with van der Waals surface area (Å²) in [5, 5.41) is 53.2. The van der Waals surface area contributed by atoms with Crippen LogP contribution in [0.5, 0.6) is 0 Å². The van der Waals surface area contributed by atoms with Crippen LogP contribution in [-0.2, 0) is 101 Å². The average Bonchev–Trinajstić information content (AvgIpc) is 1.62. The van der Waals surface area contributed by atoms with Crippen molar-refractivity contribution in [1.29, 1.82) is 5.41 Å². The van der Waals surface area contributed by atoms with Gasteiger partial charge in [-0.3, -0.25) is 67.7 Å². The predicted molar refractivity (Wildman–Crippen MR) is 471 cm³/mol. The van der Waals surface area contributed by atoms with Crippen molar-refractivity contribution in [3.8, 4) is 0 Å². The lowest BCUT2D eigenvalue weighted by Crippen LogP contribution is -2.66. The molecule has 124 heavy (non-hydrogen) atoms. The number of nitrogens with one attached hydrogen (secondary N) is 14. The Morgan fingerprint density at radius 1 is 0.508 bits per heavy atom. The molecule has 1 aliphatic carbocycles. The van der Waals surface area contributed by atoms with Crippen LogP contribution in [0.2, 0.25) is 0 Å². The number of hydrogen-bond donors (Lipinski definition) is 19. The second kappa shape index (κ2) is 47.5. The maximum absolute atomic E-state index is 15.5. The Labute approximate surface area is 724 Å². The molecule has 33 nitrogen and oxygen atoms in total. The number of carbonyl (C=O) groups is 13. The molecule has 5 aromatic carbocycles. The number of unbranched alkanes of at least 4 members (excludes halogenated alkanes) is 1. The van der Waals surface area contributed by atoms with Crippen LogP contribution >= 0.6 is 0 Å². The van der Waals surface area contributed by atoms with Gasteiger partial charge in [-0.15, -0.1) is 0 Å². The number of nitrogens with zero attached hydrogens (tertiary/aromatic N) is 1. The molecule has 2 aliphatic rings. The minimum Gasteiger partial charge on any atom is -0.394 e. The highest BCUT2D eigenvalue weighted by Crippen LogP contribution is 2.32. The molecule has 0 saturated carbocycles. The van der Waals surface area contributed by atoms with Gasteiger partial charge in [0.1, 0.15) is 72.0 Å². The van der Waals surface area contributed by atoms with E-state index < -0.39 is 173 Å². The van der Waals surface area contributed by atoms with Gasteiger partial charge in [0.2, 0.25) is 76.8 Å². The third-order valence-electron chi connectivity index (χ3n) is 22.7. The van der Waals surface area contributed by atoms with E-state index >= 15 is 28.8 Å². The number of primary amides is 1. The first-order valence-corrected chi connectivity index (χ1v) is 43.1. The number of rotatable bonds is 48. The number of carbonyl (C=O) groups excluding carboxylic acids is 13. The van der Waals surface area contributed by atoms with Gasteiger partial charge in [-0.05, 0) is 134 Å². The molecule has 33 heteroatoms. The van der Waals surface area contributed by atoms with Crippen molar-refractivity contribution in [2.24, 2.45) is 46.6 Å². The maximum Gasteiger partial charge on any atom is 0.247 e. The SMILES string of the molecule is CC[C@H](C)[C@H](NC(=O)[C@H](CCCNC(=N)N)NC(=O)C1(NC(=O)[C@@H](CC(C)C)NC(=O)[C@H](Cc2ccccc2)NC(=O)[C@H](CCCCN)NC(=O)[C@H](CO)NC(=O)[C@H](Cc2ccccc2)NC(=O)[C@H](Cc2c[nH]c3ccccc23)NC(=O)[C@@H]2CCCN2C(=O)[C@@H](NC(=O)[C@@H](N)Cc2ccccc2)C(C)C)Cc2ccccc2C1)C(=O)N[C@@H](CC(C)C)C(N)=O. The number of nitrogens with two attached hydrogens (primary N) is 4. The molecule has 13 amide bonds. The molecule has 1 aromatic heterocycles. The lowest BCUT2D eigenvalue weighted by molar-refractivity contribution is -0.143. The van der Waals surface area contributed by atoms with E-state index in [1.165, 1.54) is 4.90 Å². The number of fused-ring (bicyclic) bond motifs is 2. The second-order valence-corrected chi connectivity index (χ2v) is 33.8. The summed E-state index contributed by atoms with van der Waals surface area (Å²) in [5.74, 6) is -11.6. The van der Waals surface area contributed by atoms with E-state index in [0.717, 1.165) is 16.5 Å². The van der Waals surface area contributed by atoms with Crippen LogP contribution in [0.4, 0.5) is 0 Å². The fourth-order valence-electron chi connectivity index (χ4n) is 15.6. The van der Waals surface area contributed by atoms with Gasteiger partial charge in [-0.25, -0.2) is 0 Å². The molecule has 13 atom stereocenters. The van der Waals surface area contributed by atoms with E-state index in [4.69, 9.17) is 28.3 Å². The summed E-state index contributed by atoms with van der Waals surface area (Å²) in [6.45, 7) is 13.9. The minimum absolute atomic E-state index is 0.00170. The summed E-state index contributed by atoms with van der Waals surface area (Å²) in [5.41, 5.74) is 26.6. The maximum atomic E-state index is 15.5. The Bertz CT molecular complexity index is 4600. The van der Waals surface area contributed by atoms with Crippen molar-refractivity contribution >= 4 is 93.7 Å². The Kier molecular flexibility index (Phi) is 37.3. The van der Waals surface area contributed by atoms with Crippen molar-refractivity contribution in [3.05, 3.63) is 179 Å². The summed E-state index contributed by atoms with van der Waals surface area (Å²) < 4.78 is 0. The highest BCUT2D eigenvalue weighted by atomic mass is 16.3. The standard InChI is InChI=1S/C91H127N19O14/c1-9-56(8)76(87(122)100-68(77(94)112)43-53(2)3)108-80(115)67(38-25-41-97-90(95)96)106-89(124)91(49-60-33-19-20-34-61(60)50-91)109-85(120)69(44-54(4)5)101-81(116)70(46-58-29-15-11-16-30-58)102-79(114)66(37-23-24-40-92)99-84(119)73(52-111)105-82(117)71(47-59-31-17-12-18-32-59)103-83(118)72(48-62-51-98-65-36-22-21-35-63(62)65)104-86(121)74-39-26-42-110(74)88(123)75(55(6)7)107-78(113)64(93)45-57-27-13-10-14-28-57/h10-22,27-36,51,53-56,64,66-76,98,111H,9,23-26,37-50,52,92-93H2,1-8H3,(H2,94,112)(H,99,119)(H,100,122)(H,101,116)(H,102,114)(H,103,118)(H,104,121)(H,105,117)(H,106,124)(H,107,113)(H,108,115)(H,109,120)(H4,95,96,97)/t56-,64-,66-,67-,68-,69+,70-,71-,72-,73-,74-,75-,76-/m0/s1. The molecule has 1 fully saturated rings. The average molecular weight is 1710 g/mol. The van der Waals surface area contributed by atoms with Crippen LogP contribution in [0.15, 0.2) is 146 Å². The lowest BCUT2D eigenvalue weighted by Gasteiger charge is -2.34. The molecule has 0 bridgehead atoms. The van der Waals surface area contributed by atoms with Crippen LogP contribution in [0.3, 0.4) is 0 Å². The normalized spacial score (nSPS) is 16.3. The van der Waals surface area contributed by atoms with Gasteiger partial charge < -0.3 is 102 Å². The fourth-order valence-corrected chi connectivity index (χ4v) is 15.6. The van der Waals surface area contributed by atoms with E-state index in [9.17, 15) is 38.7 Å². The quantitative estimate of drug-likeness (QED) is 0.0147. The van der Waals surface area contributed by atoms with Crippen LogP contribution in [0.25, 0.3) is 10.9 Å². The van der Waals surface area contributed by atoms with Crippen molar-refractivity contribution in [1.82, 2.24) is 73.7 Å². The number of aliphatic hydroxyl groups is 1. The van der Waals surface area contributed by atoms with Gasteiger partial charge in [0.15, 0.2) is 5.96 Å². The number of aromatic amines is 1. The molecule has 670 valence electrons. The number of likely N-dealkylation sites (tertiary alicyclic amines) is 1. The molecule has 0 unspecified atom stereocenters. The topological polar surface area (TPSA) is 533 Å². The van der Waals surface area contributed by atoms with Crippen LogP contribution in [0, 0.1) is 29.1 Å². The summed E-state index contributed by atoms with van der Waals surface area (Å²) in [4.78, 5) is 195. The monoisotopic (exact) mass is 1710 g/mol. The molecule has 23 N–H and O–H groups in total. The first-order chi connectivity index (χ1) is 59.2. The summed E-state index contributed by atoms with van der Waals surface area (Å²) in [7, 11) is 0. The van der Waals surface area contributed by atoms with Crippen molar-refractivity contribution < 1.29 is 67.4 Å². The molecule has 8 rings (SSSR count). The van der Waals surface area contributed by atoms with Crippen LogP contribution in [0.1, 0.15) is 153 Å². The molecule has 1 aliphatic heterocycles. The first kappa shape index (κ1) is 97.3. The van der Waals surface area contributed by atoms with Gasteiger partial charge in [-0.2, -0.15) is 0 Å². The van der Waals surface area contributed by atoms with Gasteiger partial charge in [0.25, 0.3) is 0 Å². The number of guanidine groups is 1. The molecule has 0 spiro atoms. The number of aromatic nitrogens is 1. The number of hydrogen-bond acceptors (Lipinski definition) is 17. The van der Waals surface area contributed by atoms with Crippen molar-refractivity contribution in [2.45, 2.75) is 236 Å². The van der Waals surface area contributed by atoms with Gasteiger partial charge in [0, 0.05) is 62.3 Å². The van der Waals surface area contributed by atoms with E-state index in [1.807, 2.05) is 89.2 Å². The second-order valence-electron chi connectivity index (χ2n) is 33.8. The summed E-state index contributed by atoms with van der Waals surface area (Å²) in [6, 6.07) is 25.2. The molecular formula is C91H127N19O14. The predicted octanol–water partition coefficient (Wildman–Crippen LogP) is 1.92. The Hall–Kier alpha value is -12.1. The fraction of sp³-hybridized carbons (Fsp3) is 0.495. The molecule has 2 heterocycles. The summed E-state index contributed by atoms with van der Waals surface area (Å²) >= 11 is 0. The molecular weight excluding hydrogens is 1580 g/mol. The largest absolute Gasteiger partial charge is 0.394 e. The highest BCUT2D eigenvalue weighted by molar-refractivity contribution is 6.02. The number of amides is 13. The van der Waals surface area contributed by atoms with E-state index in [1.54, 1.807) is 112 Å². The number of benzene rings is 5. The lowest BCUT2D eigenvalue weighted by atomic mass is 9.91. The molecule has 6 aromatic rings. The Morgan fingerprint density at radius 2 is 0.976 bits per heavy atom. The third-order valence-corrected chi connectivity index (χ3v) is 22.7. The van der Waals surface area contributed by atoms with E-state index in [0.29, 0.717) is 47.1 Å². The van der Waals surface area contributed by atoms with Gasteiger partial charge in [-0.1, -0.05) is 195 Å². The number of aliphatic hydroxyl groups excluding tert-OH is 1. The number of para-hydroxylation sites is 1. The zero-order valence-electron chi connectivity index (χ0n) is 72.2. The van der Waals surface area contributed by atoms with Gasteiger partial charge >= 0.3 is 0 Å². The molecule has 1 saturated heterocycles. The Balaban J connectivity index is 1.02.